The van der Waals surface area contributed by atoms with Crippen LogP contribution in [0, 0.1) is 0 Å². The van der Waals surface area contributed by atoms with Crippen molar-refractivity contribution in [3.8, 4) is 0 Å². The maximum atomic E-state index is 6.22. The lowest BCUT2D eigenvalue weighted by Gasteiger charge is -2.30. The molecular formula is C11H16N8. The van der Waals surface area contributed by atoms with Gasteiger partial charge in [-0.05, 0) is 12.0 Å². The molecule has 8 nitrogen and oxygen atoms in total. The summed E-state index contributed by atoms with van der Waals surface area (Å²) in [7, 11) is 1.88. The molecule has 0 aliphatic carbocycles. The molecule has 0 spiro atoms. The molecule has 0 bridgehead atoms. The Kier molecular flexibility index (Phi) is 2.53. The summed E-state index contributed by atoms with van der Waals surface area (Å²) in [6.45, 7) is 0. The zero-order valence-electron chi connectivity index (χ0n) is 10.6. The minimum absolute atomic E-state index is 0.375. The van der Waals surface area contributed by atoms with E-state index in [2.05, 4.69) is 25.4 Å². The highest BCUT2D eigenvalue weighted by Gasteiger charge is 2.31. The number of aromatic nitrogens is 4. The Hall–Kier alpha value is -2.35. The molecule has 2 aromatic heterocycles. The SMILES string of the molecule is Cn1cc(CCC2(N)N=C(N)c3[nH]cnc3N2)cn1. The van der Waals surface area contributed by atoms with Crippen LogP contribution in [-0.4, -0.2) is 31.4 Å². The van der Waals surface area contributed by atoms with Crippen molar-refractivity contribution in [2.75, 3.05) is 5.32 Å². The lowest BCUT2D eigenvalue weighted by molar-refractivity contribution is 0.463. The van der Waals surface area contributed by atoms with E-state index in [4.69, 9.17) is 11.5 Å². The zero-order chi connectivity index (χ0) is 13.5. The van der Waals surface area contributed by atoms with Crippen LogP contribution in [0.5, 0.6) is 0 Å². The van der Waals surface area contributed by atoms with Crippen molar-refractivity contribution in [2.45, 2.75) is 18.6 Å². The van der Waals surface area contributed by atoms with E-state index in [0.29, 0.717) is 23.8 Å². The molecule has 0 radical (unpaired) electrons. The monoisotopic (exact) mass is 260 g/mol. The van der Waals surface area contributed by atoms with Gasteiger partial charge in [0.25, 0.3) is 0 Å². The molecule has 0 saturated heterocycles. The van der Waals surface area contributed by atoms with Gasteiger partial charge >= 0.3 is 0 Å². The summed E-state index contributed by atoms with van der Waals surface area (Å²) < 4.78 is 1.76. The molecule has 3 heterocycles. The van der Waals surface area contributed by atoms with Crippen LogP contribution in [0.3, 0.4) is 0 Å². The Labute approximate surface area is 109 Å². The van der Waals surface area contributed by atoms with E-state index < -0.39 is 5.79 Å². The number of rotatable bonds is 3. The normalized spacial score (nSPS) is 21.7. The molecule has 1 aliphatic rings. The van der Waals surface area contributed by atoms with Gasteiger partial charge in [-0.1, -0.05) is 0 Å². The number of imidazole rings is 1. The Bertz CT molecular complexity index is 624. The molecule has 8 heteroatoms. The second kappa shape index (κ2) is 4.09. The third-order valence-corrected chi connectivity index (χ3v) is 3.10. The van der Waals surface area contributed by atoms with E-state index in [0.717, 1.165) is 12.0 Å². The van der Waals surface area contributed by atoms with Gasteiger partial charge in [-0.3, -0.25) is 10.4 Å². The number of hydrogen-bond acceptors (Lipinski definition) is 6. The topological polar surface area (TPSA) is 123 Å². The van der Waals surface area contributed by atoms with Crippen LogP contribution in [0.1, 0.15) is 17.7 Å². The number of hydrogen-bond donors (Lipinski definition) is 4. The van der Waals surface area contributed by atoms with E-state index in [-0.39, 0.29) is 0 Å². The number of anilines is 1. The minimum Gasteiger partial charge on any atom is -0.382 e. The molecule has 6 N–H and O–H groups in total. The molecule has 0 saturated carbocycles. The van der Waals surface area contributed by atoms with Gasteiger partial charge in [-0.2, -0.15) is 5.10 Å². The lowest BCUT2D eigenvalue weighted by atomic mass is 10.1. The predicted octanol–water partition coefficient (Wildman–Crippen LogP) is -0.481. The molecule has 100 valence electrons. The average molecular weight is 260 g/mol. The first-order valence-corrected chi connectivity index (χ1v) is 5.99. The summed E-state index contributed by atoms with van der Waals surface area (Å²) in [5, 5.41) is 7.22. The van der Waals surface area contributed by atoms with Crippen molar-refractivity contribution in [1.29, 1.82) is 0 Å². The number of aliphatic imine (C=N–C) groups is 1. The molecule has 19 heavy (non-hydrogen) atoms. The van der Waals surface area contributed by atoms with E-state index in [1.54, 1.807) is 11.0 Å². The summed E-state index contributed by atoms with van der Waals surface area (Å²) in [4.78, 5) is 11.4. The van der Waals surface area contributed by atoms with Gasteiger partial charge in [-0.25, -0.2) is 9.98 Å². The Morgan fingerprint density at radius 1 is 1.47 bits per heavy atom. The van der Waals surface area contributed by atoms with Crippen LogP contribution >= 0.6 is 0 Å². The molecule has 0 fully saturated rings. The van der Waals surface area contributed by atoms with Crippen LogP contribution in [0.25, 0.3) is 0 Å². The minimum atomic E-state index is -0.928. The van der Waals surface area contributed by atoms with Crippen molar-refractivity contribution >= 4 is 11.7 Å². The highest BCUT2D eigenvalue weighted by atomic mass is 15.3. The second-order valence-corrected chi connectivity index (χ2v) is 4.69. The maximum Gasteiger partial charge on any atom is 0.186 e. The fourth-order valence-electron chi connectivity index (χ4n) is 2.14. The highest BCUT2D eigenvalue weighted by Crippen LogP contribution is 2.23. The van der Waals surface area contributed by atoms with Crippen LogP contribution < -0.4 is 16.8 Å². The van der Waals surface area contributed by atoms with Gasteiger partial charge in [-0.15, -0.1) is 0 Å². The third kappa shape index (κ3) is 2.17. The lowest BCUT2D eigenvalue weighted by Crippen LogP contribution is -2.50. The van der Waals surface area contributed by atoms with Gasteiger partial charge in [0, 0.05) is 19.7 Å². The predicted molar refractivity (Wildman–Crippen MR) is 71.4 cm³/mol. The fraction of sp³-hybridized carbons (Fsp3) is 0.364. The quantitative estimate of drug-likeness (QED) is 0.593. The second-order valence-electron chi connectivity index (χ2n) is 4.69. The largest absolute Gasteiger partial charge is 0.382 e. The number of amidine groups is 1. The molecule has 0 aromatic carbocycles. The first-order chi connectivity index (χ1) is 9.06. The summed E-state index contributed by atoms with van der Waals surface area (Å²) in [6.07, 6.45) is 6.70. The van der Waals surface area contributed by atoms with Crippen molar-refractivity contribution in [2.24, 2.45) is 23.5 Å². The van der Waals surface area contributed by atoms with Gasteiger partial charge < -0.3 is 16.0 Å². The standard InChI is InChI=1S/C11H16N8/c1-19-5-7(4-16-19)2-3-11(13)17-9(12)8-10(18-11)15-6-14-8/h4-6,18H,2-3,13H2,1H3,(H2,12,17)(H,14,15). The van der Waals surface area contributed by atoms with Gasteiger partial charge in [0.1, 0.15) is 11.5 Å². The van der Waals surface area contributed by atoms with Crippen LogP contribution in [0.2, 0.25) is 0 Å². The highest BCUT2D eigenvalue weighted by molar-refractivity contribution is 6.01. The molecule has 2 aromatic rings. The van der Waals surface area contributed by atoms with Crippen LogP contribution in [0.15, 0.2) is 23.7 Å². The van der Waals surface area contributed by atoms with Gasteiger partial charge in [0.2, 0.25) is 0 Å². The van der Waals surface area contributed by atoms with Crippen LogP contribution in [-0.2, 0) is 13.5 Å². The number of nitrogens with two attached hydrogens (primary N) is 2. The number of fused-ring (bicyclic) bond motifs is 1. The number of aromatic amines is 1. The number of nitrogens with one attached hydrogen (secondary N) is 2. The molecule has 0 amide bonds. The number of aryl methyl sites for hydroxylation is 2. The molecule has 1 aliphatic heterocycles. The van der Waals surface area contributed by atoms with Crippen molar-refractivity contribution in [3.05, 3.63) is 30.0 Å². The Morgan fingerprint density at radius 3 is 3.05 bits per heavy atom. The maximum absolute atomic E-state index is 6.22. The number of nitrogens with zero attached hydrogens (tertiary/aromatic N) is 4. The van der Waals surface area contributed by atoms with E-state index in [1.165, 1.54) is 0 Å². The molecule has 3 rings (SSSR count). The average Bonchev–Trinajstić information content (AvgIpc) is 2.95. The molecular weight excluding hydrogens is 244 g/mol. The van der Waals surface area contributed by atoms with Crippen LogP contribution in [0.4, 0.5) is 5.82 Å². The van der Waals surface area contributed by atoms with E-state index >= 15 is 0 Å². The summed E-state index contributed by atoms with van der Waals surface area (Å²) in [6, 6.07) is 0. The summed E-state index contributed by atoms with van der Waals surface area (Å²) in [5.41, 5.74) is 13.9. The molecule has 1 unspecified atom stereocenters. The van der Waals surface area contributed by atoms with Crippen molar-refractivity contribution in [3.63, 3.8) is 0 Å². The fourth-order valence-corrected chi connectivity index (χ4v) is 2.14. The smallest absolute Gasteiger partial charge is 0.186 e. The Morgan fingerprint density at radius 2 is 2.32 bits per heavy atom. The van der Waals surface area contributed by atoms with Crippen molar-refractivity contribution < 1.29 is 0 Å². The zero-order valence-corrected chi connectivity index (χ0v) is 10.6. The summed E-state index contributed by atoms with van der Waals surface area (Å²) >= 11 is 0. The van der Waals surface area contributed by atoms with Gasteiger partial charge in [0.05, 0.1) is 12.5 Å². The van der Waals surface area contributed by atoms with Crippen molar-refractivity contribution in [1.82, 2.24) is 19.7 Å². The number of H-pyrrole nitrogens is 1. The Balaban J connectivity index is 1.76. The first kappa shape index (κ1) is 11.7. The first-order valence-electron chi connectivity index (χ1n) is 5.99. The molecule has 1 atom stereocenters. The van der Waals surface area contributed by atoms with E-state index in [9.17, 15) is 0 Å². The van der Waals surface area contributed by atoms with Gasteiger partial charge in [0.15, 0.2) is 11.6 Å². The van der Waals surface area contributed by atoms with E-state index in [1.807, 2.05) is 19.4 Å². The summed E-state index contributed by atoms with van der Waals surface area (Å²) in [5.74, 6) is 0.0865. The third-order valence-electron chi connectivity index (χ3n) is 3.10.